The van der Waals surface area contributed by atoms with Crippen LogP contribution in [-0.4, -0.2) is 30.4 Å². The summed E-state index contributed by atoms with van der Waals surface area (Å²) in [5, 5.41) is 1.35. The zero-order chi connectivity index (χ0) is 16.1. The Kier molecular flexibility index (Phi) is 5.64. The van der Waals surface area contributed by atoms with E-state index in [1.54, 1.807) is 30.5 Å². The average molecular weight is 385 g/mol. The summed E-state index contributed by atoms with van der Waals surface area (Å²) in [6.45, 7) is 1.17. The number of hydrogen-bond donors (Lipinski definition) is 0. The van der Waals surface area contributed by atoms with Crippen LogP contribution in [0, 0.1) is 0 Å². The van der Waals surface area contributed by atoms with E-state index in [1.165, 1.54) is 25.4 Å². The quantitative estimate of drug-likeness (QED) is 0.715. The molecule has 116 valence electrons. The number of hydrogen-bond acceptors (Lipinski definition) is 6. The van der Waals surface area contributed by atoms with Crippen LogP contribution in [0.15, 0.2) is 34.2 Å². The topological polar surface area (TPSA) is 68.7 Å². The normalized spacial score (nSPS) is 10.3. The van der Waals surface area contributed by atoms with Crippen molar-refractivity contribution in [3.8, 4) is 5.75 Å². The molecule has 0 saturated heterocycles. The summed E-state index contributed by atoms with van der Waals surface area (Å²) in [4.78, 5) is 33.2. The summed E-state index contributed by atoms with van der Waals surface area (Å²) in [5.41, 5.74) is 0.370. The Labute approximate surface area is 139 Å². The highest BCUT2D eigenvalue weighted by atomic mass is 79.9. The number of halogens is 1. The summed E-state index contributed by atoms with van der Waals surface area (Å²) in [6, 6.07) is 6.66. The largest absolute Gasteiger partial charge is 0.497 e. The molecule has 22 heavy (non-hydrogen) atoms. The van der Waals surface area contributed by atoms with Crippen molar-refractivity contribution in [2.45, 2.75) is 6.92 Å². The van der Waals surface area contributed by atoms with Gasteiger partial charge in [0.25, 0.3) is 5.91 Å². The first kappa shape index (κ1) is 16.6. The van der Waals surface area contributed by atoms with Crippen molar-refractivity contribution in [1.29, 1.82) is 0 Å². The highest BCUT2D eigenvalue weighted by molar-refractivity contribution is 9.11. The molecular weight excluding hydrogens is 372 g/mol. The van der Waals surface area contributed by atoms with Gasteiger partial charge in [-0.05, 0) is 41.1 Å². The first-order chi connectivity index (χ1) is 10.5. The third kappa shape index (κ3) is 4.12. The van der Waals surface area contributed by atoms with Gasteiger partial charge in [-0.25, -0.2) is 4.98 Å². The molecule has 0 aliphatic carbocycles. The Hall–Kier alpha value is -1.77. The van der Waals surface area contributed by atoms with Crippen LogP contribution >= 0.6 is 27.3 Å². The molecule has 6 nitrogen and oxygen atoms in total. The second-order valence-corrected chi connectivity index (χ2v) is 6.64. The lowest BCUT2D eigenvalue weighted by molar-refractivity contribution is -0.121. The van der Waals surface area contributed by atoms with Gasteiger partial charge in [0, 0.05) is 5.56 Å². The molecule has 1 heterocycles. The van der Waals surface area contributed by atoms with E-state index in [9.17, 15) is 9.59 Å². The number of rotatable bonds is 6. The predicted octanol–water partition coefficient (Wildman–Crippen LogP) is 3.08. The molecule has 0 atom stereocenters. The van der Waals surface area contributed by atoms with Crippen LogP contribution in [0.2, 0.25) is 0 Å². The molecule has 0 radical (unpaired) electrons. The molecule has 0 aliphatic heterocycles. The number of aromatic nitrogens is 1. The number of nitrogens with zero attached hydrogens (tertiary/aromatic N) is 2. The number of anilines is 1. The smallest absolute Gasteiger partial charge is 0.284 e. The van der Waals surface area contributed by atoms with Gasteiger partial charge in [0.2, 0.25) is 5.13 Å². The van der Waals surface area contributed by atoms with Crippen LogP contribution in [0.5, 0.6) is 5.75 Å². The number of amides is 1. The number of Topliss-reactive ketones (excluding diaryl/α,β-unsaturated/α-hetero) is 1. The van der Waals surface area contributed by atoms with Gasteiger partial charge in [-0.3, -0.25) is 14.4 Å². The van der Waals surface area contributed by atoms with E-state index in [2.05, 4.69) is 20.9 Å². The van der Waals surface area contributed by atoms with Gasteiger partial charge < -0.3 is 4.74 Å². The zero-order valence-electron chi connectivity index (χ0n) is 11.9. The number of thiazole rings is 1. The first-order valence-electron chi connectivity index (χ1n) is 6.23. The molecule has 8 heteroatoms. The minimum Gasteiger partial charge on any atom is -0.497 e. The number of benzene rings is 1. The maximum Gasteiger partial charge on any atom is 0.284 e. The van der Waals surface area contributed by atoms with Crippen LogP contribution in [0.4, 0.5) is 5.13 Å². The summed E-state index contributed by atoms with van der Waals surface area (Å²) < 4.78 is 5.85. The molecule has 1 amide bonds. The molecule has 0 N–H and O–H groups in total. The molecule has 0 spiro atoms. The van der Waals surface area contributed by atoms with E-state index >= 15 is 0 Å². The van der Waals surface area contributed by atoms with Gasteiger partial charge in [-0.15, -0.1) is 0 Å². The Bertz CT molecular complexity index is 689. The lowest BCUT2D eigenvalue weighted by Crippen LogP contribution is -2.32. The number of carbonyl (C=O) groups excluding carboxylic acids is 2. The van der Waals surface area contributed by atoms with Crippen LogP contribution < -0.4 is 9.80 Å². The molecule has 0 bridgehead atoms. The number of hydroxylamine groups is 1. The van der Waals surface area contributed by atoms with Crippen molar-refractivity contribution in [1.82, 2.24) is 4.98 Å². The Morgan fingerprint density at radius 3 is 2.77 bits per heavy atom. The van der Waals surface area contributed by atoms with Gasteiger partial charge >= 0.3 is 0 Å². The van der Waals surface area contributed by atoms with E-state index in [0.29, 0.717) is 16.4 Å². The maximum absolute atomic E-state index is 12.6. The van der Waals surface area contributed by atoms with Gasteiger partial charge in [-0.1, -0.05) is 17.4 Å². The molecule has 1 aromatic carbocycles. The standard InChI is InChI=1S/C14H13BrN2O4S/c1-9(18)8-21-17(14-16-7-12(15)22-14)13(19)10-4-3-5-11(6-10)20-2/h3-7H,8H2,1-2H3. The fraction of sp³-hybridized carbons (Fsp3) is 0.214. The molecule has 0 aliphatic rings. The lowest BCUT2D eigenvalue weighted by Gasteiger charge is -2.18. The van der Waals surface area contributed by atoms with Crippen molar-refractivity contribution in [2.24, 2.45) is 0 Å². The van der Waals surface area contributed by atoms with Crippen LogP contribution in [0.1, 0.15) is 17.3 Å². The Morgan fingerprint density at radius 2 is 2.18 bits per heavy atom. The van der Waals surface area contributed by atoms with E-state index in [0.717, 1.165) is 8.85 Å². The van der Waals surface area contributed by atoms with Crippen LogP contribution in [0.3, 0.4) is 0 Å². The molecular formula is C14H13BrN2O4S. The third-order valence-electron chi connectivity index (χ3n) is 2.54. The lowest BCUT2D eigenvalue weighted by atomic mass is 10.2. The molecule has 2 rings (SSSR count). The fourth-order valence-corrected chi connectivity index (χ4v) is 2.71. The van der Waals surface area contributed by atoms with Crippen molar-refractivity contribution >= 4 is 44.1 Å². The van der Waals surface area contributed by atoms with Crippen molar-refractivity contribution in [2.75, 3.05) is 18.8 Å². The second-order valence-electron chi connectivity index (χ2n) is 4.25. The highest BCUT2D eigenvalue weighted by Gasteiger charge is 2.23. The molecule has 1 aromatic heterocycles. The van der Waals surface area contributed by atoms with Crippen molar-refractivity contribution in [3.63, 3.8) is 0 Å². The predicted molar refractivity (Wildman–Crippen MR) is 86.3 cm³/mol. The van der Waals surface area contributed by atoms with E-state index in [-0.39, 0.29) is 12.4 Å². The highest BCUT2D eigenvalue weighted by Crippen LogP contribution is 2.28. The Morgan fingerprint density at radius 1 is 1.41 bits per heavy atom. The molecule has 0 fully saturated rings. The van der Waals surface area contributed by atoms with Crippen LogP contribution in [0.25, 0.3) is 0 Å². The maximum atomic E-state index is 12.6. The zero-order valence-corrected chi connectivity index (χ0v) is 14.3. The van der Waals surface area contributed by atoms with E-state index < -0.39 is 5.91 Å². The number of ketones is 1. The SMILES string of the molecule is COc1cccc(C(=O)N(OCC(C)=O)c2ncc(Br)s2)c1. The summed E-state index contributed by atoms with van der Waals surface area (Å²) in [7, 11) is 1.52. The number of methoxy groups -OCH3 is 1. The number of carbonyl (C=O) groups is 2. The summed E-state index contributed by atoms with van der Waals surface area (Å²) in [6.07, 6.45) is 1.56. The Balaban J connectivity index is 2.30. The molecule has 0 unspecified atom stereocenters. The third-order valence-corrected chi connectivity index (χ3v) is 3.98. The van der Waals surface area contributed by atoms with Crippen molar-refractivity contribution < 1.29 is 19.2 Å². The number of ether oxygens (including phenoxy) is 1. The van der Waals surface area contributed by atoms with Crippen LogP contribution in [-0.2, 0) is 9.63 Å². The van der Waals surface area contributed by atoms with Crippen molar-refractivity contribution in [3.05, 3.63) is 39.8 Å². The summed E-state index contributed by atoms with van der Waals surface area (Å²) >= 11 is 4.51. The fourth-order valence-electron chi connectivity index (χ4n) is 1.57. The minimum absolute atomic E-state index is 0.195. The first-order valence-corrected chi connectivity index (χ1v) is 7.84. The minimum atomic E-state index is -0.429. The van der Waals surface area contributed by atoms with Gasteiger partial charge in [0.05, 0.1) is 17.1 Å². The van der Waals surface area contributed by atoms with E-state index in [4.69, 9.17) is 9.57 Å². The second kappa shape index (κ2) is 7.48. The van der Waals surface area contributed by atoms with E-state index in [1.807, 2.05) is 0 Å². The van der Waals surface area contributed by atoms with Gasteiger partial charge in [0.1, 0.15) is 12.4 Å². The molecule has 2 aromatic rings. The summed E-state index contributed by atoms with van der Waals surface area (Å²) in [5.74, 6) is -0.0706. The average Bonchev–Trinajstić information content (AvgIpc) is 2.93. The monoisotopic (exact) mass is 384 g/mol. The molecule has 0 saturated carbocycles. The van der Waals surface area contributed by atoms with Gasteiger partial charge in [-0.2, -0.15) is 5.06 Å². The van der Waals surface area contributed by atoms with Gasteiger partial charge in [0.15, 0.2) is 5.78 Å².